The number of rotatable bonds is 6. The molecule has 1 amide bonds. The maximum Gasteiger partial charge on any atom is 0.223 e. The van der Waals surface area contributed by atoms with Crippen LogP contribution >= 0.6 is 0 Å². The van der Waals surface area contributed by atoms with E-state index in [-0.39, 0.29) is 18.6 Å². The minimum absolute atomic E-state index is 0.154. The van der Waals surface area contributed by atoms with Crippen LogP contribution in [0.2, 0.25) is 0 Å². The molecule has 0 aromatic heterocycles. The Balaban J connectivity index is 2.39. The molecule has 2 N–H and O–H groups in total. The molecule has 1 atom stereocenters. The van der Waals surface area contributed by atoms with E-state index in [2.05, 4.69) is 5.32 Å². The van der Waals surface area contributed by atoms with Crippen molar-refractivity contribution < 1.29 is 9.90 Å². The van der Waals surface area contributed by atoms with Crippen molar-refractivity contribution in [3.05, 3.63) is 0 Å². The highest BCUT2D eigenvalue weighted by Gasteiger charge is 2.22. The van der Waals surface area contributed by atoms with Crippen molar-refractivity contribution in [3.8, 4) is 0 Å². The molecule has 0 saturated carbocycles. The SMILES string of the molecule is CC(C)N(CCCO)C(=O)CC1CCNC1. The van der Waals surface area contributed by atoms with Crippen molar-refractivity contribution in [2.24, 2.45) is 5.92 Å². The van der Waals surface area contributed by atoms with Crippen LogP contribution in [0, 0.1) is 5.92 Å². The number of hydrogen-bond acceptors (Lipinski definition) is 3. The smallest absolute Gasteiger partial charge is 0.223 e. The van der Waals surface area contributed by atoms with Crippen LogP contribution in [0.5, 0.6) is 0 Å². The number of nitrogens with zero attached hydrogens (tertiary/aromatic N) is 1. The zero-order chi connectivity index (χ0) is 12.0. The first kappa shape index (κ1) is 13.5. The largest absolute Gasteiger partial charge is 0.396 e. The molecule has 0 radical (unpaired) electrons. The fraction of sp³-hybridized carbons (Fsp3) is 0.917. The summed E-state index contributed by atoms with van der Waals surface area (Å²) < 4.78 is 0. The fourth-order valence-electron chi connectivity index (χ4n) is 2.16. The van der Waals surface area contributed by atoms with E-state index in [4.69, 9.17) is 5.11 Å². The van der Waals surface area contributed by atoms with Gasteiger partial charge in [-0.3, -0.25) is 4.79 Å². The summed E-state index contributed by atoms with van der Waals surface area (Å²) in [5.74, 6) is 0.736. The van der Waals surface area contributed by atoms with Crippen molar-refractivity contribution in [2.75, 3.05) is 26.2 Å². The Kier molecular flexibility index (Phi) is 5.77. The summed E-state index contributed by atoms with van der Waals surface area (Å²) in [6.07, 6.45) is 2.43. The number of amides is 1. The lowest BCUT2D eigenvalue weighted by Gasteiger charge is -2.27. The first-order chi connectivity index (χ1) is 7.65. The number of aliphatic hydroxyl groups is 1. The lowest BCUT2D eigenvalue weighted by Crippen LogP contribution is -2.39. The molecule has 0 aromatic rings. The van der Waals surface area contributed by atoms with E-state index >= 15 is 0 Å². The molecule has 1 unspecified atom stereocenters. The Morgan fingerprint density at radius 1 is 1.56 bits per heavy atom. The highest BCUT2D eigenvalue weighted by molar-refractivity contribution is 5.76. The lowest BCUT2D eigenvalue weighted by atomic mass is 10.0. The van der Waals surface area contributed by atoms with Gasteiger partial charge in [0.05, 0.1) is 0 Å². The van der Waals surface area contributed by atoms with Crippen molar-refractivity contribution in [1.82, 2.24) is 10.2 Å². The third-order valence-electron chi connectivity index (χ3n) is 3.13. The van der Waals surface area contributed by atoms with E-state index in [1.165, 1.54) is 0 Å². The third-order valence-corrected chi connectivity index (χ3v) is 3.13. The number of carbonyl (C=O) groups excluding carboxylic acids is 1. The van der Waals surface area contributed by atoms with Crippen molar-refractivity contribution in [1.29, 1.82) is 0 Å². The number of nitrogens with one attached hydrogen (secondary N) is 1. The van der Waals surface area contributed by atoms with E-state index < -0.39 is 0 Å². The molecule has 1 heterocycles. The number of hydrogen-bond donors (Lipinski definition) is 2. The molecule has 1 saturated heterocycles. The summed E-state index contributed by atoms with van der Waals surface area (Å²) in [6.45, 7) is 6.90. The Morgan fingerprint density at radius 2 is 2.31 bits per heavy atom. The molecule has 4 nitrogen and oxygen atoms in total. The molecule has 0 aliphatic carbocycles. The topological polar surface area (TPSA) is 52.6 Å². The van der Waals surface area contributed by atoms with Crippen LogP contribution in [-0.4, -0.2) is 48.2 Å². The van der Waals surface area contributed by atoms with Gasteiger partial charge < -0.3 is 15.3 Å². The molecule has 0 aromatic carbocycles. The summed E-state index contributed by atoms with van der Waals surface area (Å²) in [6, 6.07) is 0.230. The Morgan fingerprint density at radius 3 is 2.81 bits per heavy atom. The fourth-order valence-corrected chi connectivity index (χ4v) is 2.16. The quantitative estimate of drug-likeness (QED) is 0.700. The summed E-state index contributed by atoms with van der Waals surface area (Å²) in [5.41, 5.74) is 0. The van der Waals surface area contributed by atoms with Crippen molar-refractivity contribution in [2.45, 2.75) is 39.2 Å². The zero-order valence-electron chi connectivity index (χ0n) is 10.4. The van der Waals surface area contributed by atoms with Crippen molar-refractivity contribution >= 4 is 5.91 Å². The van der Waals surface area contributed by atoms with Crippen molar-refractivity contribution in [3.63, 3.8) is 0 Å². The molecular formula is C12H24N2O2. The van der Waals surface area contributed by atoms with E-state index in [1.54, 1.807) is 0 Å². The molecular weight excluding hydrogens is 204 g/mol. The van der Waals surface area contributed by atoms with Gasteiger partial charge in [0, 0.05) is 25.6 Å². The van der Waals surface area contributed by atoms with Crippen LogP contribution in [0.15, 0.2) is 0 Å². The highest BCUT2D eigenvalue weighted by Crippen LogP contribution is 2.15. The lowest BCUT2D eigenvalue weighted by molar-refractivity contribution is -0.133. The van der Waals surface area contributed by atoms with E-state index in [9.17, 15) is 4.79 Å². The second-order valence-electron chi connectivity index (χ2n) is 4.82. The third kappa shape index (κ3) is 4.10. The van der Waals surface area contributed by atoms with Gasteiger partial charge in [-0.15, -0.1) is 0 Å². The number of aliphatic hydroxyl groups excluding tert-OH is 1. The Bertz CT molecular complexity index is 213. The predicted octanol–water partition coefficient (Wildman–Crippen LogP) is 0.605. The van der Waals surface area contributed by atoms with Gasteiger partial charge in [-0.25, -0.2) is 0 Å². The minimum atomic E-state index is 0.154. The molecule has 1 aliphatic heterocycles. The summed E-state index contributed by atoms with van der Waals surface area (Å²) in [7, 11) is 0. The van der Waals surface area contributed by atoms with Crippen LogP contribution in [0.3, 0.4) is 0 Å². The average Bonchev–Trinajstić information content (AvgIpc) is 2.70. The van der Waals surface area contributed by atoms with Gasteiger partial charge in [-0.05, 0) is 45.7 Å². The molecule has 0 spiro atoms. The van der Waals surface area contributed by atoms with Crippen LogP contribution in [0.4, 0.5) is 0 Å². The minimum Gasteiger partial charge on any atom is -0.396 e. The van der Waals surface area contributed by atoms with E-state index in [1.807, 2.05) is 18.7 Å². The Labute approximate surface area is 98.0 Å². The maximum atomic E-state index is 12.1. The first-order valence-electron chi connectivity index (χ1n) is 6.26. The summed E-state index contributed by atoms with van der Waals surface area (Å²) >= 11 is 0. The van der Waals surface area contributed by atoms with Crippen LogP contribution in [-0.2, 0) is 4.79 Å². The van der Waals surface area contributed by atoms with Gasteiger partial charge in [0.25, 0.3) is 0 Å². The van der Waals surface area contributed by atoms with Gasteiger partial charge >= 0.3 is 0 Å². The van der Waals surface area contributed by atoms with Gasteiger partial charge in [-0.1, -0.05) is 0 Å². The highest BCUT2D eigenvalue weighted by atomic mass is 16.3. The first-order valence-corrected chi connectivity index (χ1v) is 6.26. The molecule has 1 fully saturated rings. The normalized spacial score (nSPS) is 20.4. The molecule has 1 rings (SSSR count). The molecule has 0 bridgehead atoms. The van der Waals surface area contributed by atoms with Gasteiger partial charge in [0.1, 0.15) is 0 Å². The monoisotopic (exact) mass is 228 g/mol. The van der Waals surface area contributed by atoms with Crippen LogP contribution in [0.25, 0.3) is 0 Å². The van der Waals surface area contributed by atoms with E-state index in [0.29, 0.717) is 25.3 Å². The molecule has 16 heavy (non-hydrogen) atoms. The average molecular weight is 228 g/mol. The van der Waals surface area contributed by atoms with Gasteiger partial charge in [-0.2, -0.15) is 0 Å². The molecule has 1 aliphatic rings. The second kappa shape index (κ2) is 6.86. The van der Waals surface area contributed by atoms with Crippen LogP contribution < -0.4 is 5.32 Å². The maximum absolute atomic E-state index is 12.1. The molecule has 4 heteroatoms. The number of carbonyl (C=O) groups is 1. The van der Waals surface area contributed by atoms with Crippen LogP contribution in [0.1, 0.15) is 33.1 Å². The Hall–Kier alpha value is -0.610. The standard InChI is InChI=1S/C12H24N2O2/c1-10(2)14(6-3-7-15)12(16)8-11-4-5-13-9-11/h10-11,13,15H,3-9H2,1-2H3. The molecule has 94 valence electrons. The summed E-state index contributed by atoms with van der Waals surface area (Å²) in [4.78, 5) is 13.9. The van der Waals surface area contributed by atoms with Gasteiger partial charge in [0.2, 0.25) is 5.91 Å². The second-order valence-corrected chi connectivity index (χ2v) is 4.82. The van der Waals surface area contributed by atoms with Gasteiger partial charge in [0.15, 0.2) is 0 Å². The predicted molar refractivity (Wildman–Crippen MR) is 64.1 cm³/mol. The summed E-state index contributed by atoms with van der Waals surface area (Å²) in [5, 5.41) is 12.1. The zero-order valence-corrected chi connectivity index (χ0v) is 10.4. The van der Waals surface area contributed by atoms with E-state index in [0.717, 1.165) is 19.5 Å².